The smallest absolute Gasteiger partial charge is 0.0600 e. The monoisotopic (exact) mass is 268 g/mol. The van der Waals surface area contributed by atoms with Crippen LogP contribution >= 0.6 is 0 Å². The summed E-state index contributed by atoms with van der Waals surface area (Å²) in [5, 5.41) is 10.2. The minimum atomic E-state index is -0.181. The molecule has 0 radical (unpaired) electrons. The fourth-order valence-electron chi connectivity index (χ4n) is 3.67. The van der Waals surface area contributed by atoms with Gasteiger partial charge < -0.3 is 14.9 Å². The number of likely N-dealkylation sites (tertiary alicyclic amines) is 2. The lowest BCUT2D eigenvalue weighted by molar-refractivity contribution is 0.0152. The van der Waals surface area contributed by atoms with Crippen LogP contribution in [0.2, 0.25) is 0 Å². The summed E-state index contributed by atoms with van der Waals surface area (Å²) >= 11 is 0. The van der Waals surface area contributed by atoms with Crippen LogP contribution in [-0.4, -0.2) is 60.3 Å². The number of aliphatic hydroxyl groups is 1. The van der Waals surface area contributed by atoms with Crippen molar-refractivity contribution in [2.45, 2.75) is 58.6 Å². The second-order valence-electron chi connectivity index (χ2n) is 7.71. The standard InChI is InChI=1S/C16H32N2O/c1-16(2,3)15(19)8-11-18-10-7-14-13(12-18)6-5-9-17(14)4/h13-15,19H,5-12H2,1-4H3. The molecule has 3 nitrogen and oxygen atoms in total. The number of hydrogen-bond donors (Lipinski definition) is 1. The molecule has 2 heterocycles. The molecule has 0 aromatic rings. The maximum atomic E-state index is 10.2. The quantitative estimate of drug-likeness (QED) is 0.850. The van der Waals surface area contributed by atoms with E-state index in [0.717, 1.165) is 24.9 Å². The van der Waals surface area contributed by atoms with Crippen molar-refractivity contribution < 1.29 is 5.11 Å². The molecule has 1 N–H and O–H groups in total. The van der Waals surface area contributed by atoms with Gasteiger partial charge in [0.1, 0.15) is 0 Å². The summed E-state index contributed by atoms with van der Waals surface area (Å²) in [7, 11) is 2.29. The van der Waals surface area contributed by atoms with E-state index in [2.05, 4.69) is 37.6 Å². The molecular weight excluding hydrogens is 236 g/mol. The van der Waals surface area contributed by atoms with E-state index >= 15 is 0 Å². The SMILES string of the molecule is CN1CCCC2CN(CCC(O)C(C)(C)C)CCC21. The van der Waals surface area contributed by atoms with Crippen molar-refractivity contribution >= 4 is 0 Å². The third-order valence-corrected chi connectivity index (χ3v) is 5.15. The first-order chi connectivity index (χ1) is 8.88. The lowest BCUT2D eigenvalue weighted by Gasteiger charge is -2.46. The highest BCUT2D eigenvalue weighted by molar-refractivity contribution is 4.89. The fourth-order valence-corrected chi connectivity index (χ4v) is 3.67. The number of rotatable bonds is 3. The molecule has 112 valence electrons. The van der Waals surface area contributed by atoms with Crippen molar-refractivity contribution in [1.29, 1.82) is 0 Å². The lowest BCUT2D eigenvalue weighted by atomic mass is 9.83. The van der Waals surface area contributed by atoms with E-state index in [0.29, 0.717) is 0 Å². The van der Waals surface area contributed by atoms with Crippen molar-refractivity contribution in [2.24, 2.45) is 11.3 Å². The zero-order chi connectivity index (χ0) is 14.0. The van der Waals surface area contributed by atoms with Gasteiger partial charge in [0.15, 0.2) is 0 Å². The zero-order valence-electron chi connectivity index (χ0n) is 13.2. The van der Waals surface area contributed by atoms with Gasteiger partial charge in [-0.15, -0.1) is 0 Å². The van der Waals surface area contributed by atoms with Gasteiger partial charge in [0.2, 0.25) is 0 Å². The van der Waals surface area contributed by atoms with Gasteiger partial charge in [-0.1, -0.05) is 20.8 Å². The van der Waals surface area contributed by atoms with Gasteiger partial charge in [0.25, 0.3) is 0 Å². The van der Waals surface area contributed by atoms with Gasteiger partial charge in [-0.2, -0.15) is 0 Å². The van der Waals surface area contributed by atoms with Gasteiger partial charge in [0.05, 0.1) is 6.10 Å². The van der Waals surface area contributed by atoms with Crippen LogP contribution < -0.4 is 0 Å². The van der Waals surface area contributed by atoms with Crippen LogP contribution in [0.25, 0.3) is 0 Å². The van der Waals surface area contributed by atoms with E-state index < -0.39 is 0 Å². The second-order valence-corrected chi connectivity index (χ2v) is 7.71. The molecule has 0 aliphatic carbocycles. The molecule has 0 aromatic carbocycles. The van der Waals surface area contributed by atoms with E-state index in [1.54, 1.807) is 0 Å². The zero-order valence-corrected chi connectivity index (χ0v) is 13.2. The van der Waals surface area contributed by atoms with Crippen LogP contribution in [-0.2, 0) is 0 Å². The molecular formula is C16H32N2O. The fraction of sp³-hybridized carbons (Fsp3) is 1.00. The Morgan fingerprint density at radius 3 is 2.63 bits per heavy atom. The summed E-state index contributed by atoms with van der Waals surface area (Å²) in [6.07, 6.45) is 4.80. The van der Waals surface area contributed by atoms with E-state index in [-0.39, 0.29) is 11.5 Å². The maximum absolute atomic E-state index is 10.2. The normalized spacial score (nSPS) is 32.1. The topological polar surface area (TPSA) is 26.7 Å². The minimum absolute atomic E-state index is 0.0172. The van der Waals surface area contributed by atoms with Crippen LogP contribution in [0.4, 0.5) is 0 Å². The molecule has 0 saturated carbocycles. The Hall–Kier alpha value is -0.120. The van der Waals surface area contributed by atoms with E-state index in [4.69, 9.17) is 0 Å². The average molecular weight is 268 g/mol. The van der Waals surface area contributed by atoms with Crippen molar-refractivity contribution in [3.8, 4) is 0 Å². The van der Waals surface area contributed by atoms with Crippen LogP contribution in [0, 0.1) is 11.3 Å². The third-order valence-electron chi connectivity index (χ3n) is 5.15. The number of aliphatic hydroxyl groups excluding tert-OH is 1. The highest BCUT2D eigenvalue weighted by Gasteiger charge is 2.34. The lowest BCUT2D eigenvalue weighted by Crippen LogP contribution is -2.53. The molecule has 0 bridgehead atoms. The molecule has 19 heavy (non-hydrogen) atoms. The number of piperidine rings is 2. The largest absolute Gasteiger partial charge is 0.393 e. The number of fused-ring (bicyclic) bond motifs is 1. The van der Waals surface area contributed by atoms with E-state index in [1.165, 1.54) is 38.9 Å². The van der Waals surface area contributed by atoms with Gasteiger partial charge >= 0.3 is 0 Å². The molecule has 2 aliphatic rings. The predicted molar refractivity (Wildman–Crippen MR) is 80.3 cm³/mol. The molecule has 0 spiro atoms. The molecule has 2 saturated heterocycles. The molecule has 0 aromatic heterocycles. The first-order valence-corrected chi connectivity index (χ1v) is 7.98. The Labute approximate surface area is 119 Å². The molecule has 2 aliphatic heterocycles. The summed E-state index contributed by atoms with van der Waals surface area (Å²) in [6, 6.07) is 0.817. The summed E-state index contributed by atoms with van der Waals surface area (Å²) < 4.78 is 0. The molecule has 2 fully saturated rings. The summed E-state index contributed by atoms with van der Waals surface area (Å²) in [4.78, 5) is 5.14. The maximum Gasteiger partial charge on any atom is 0.0600 e. The summed E-state index contributed by atoms with van der Waals surface area (Å²) in [6.45, 7) is 11.2. The Kier molecular flexibility index (Phi) is 4.91. The predicted octanol–water partition coefficient (Wildman–Crippen LogP) is 2.20. The molecule has 2 rings (SSSR count). The Morgan fingerprint density at radius 1 is 1.21 bits per heavy atom. The highest BCUT2D eigenvalue weighted by Crippen LogP contribution is 2.30. The Morgan fingerprint density at radius 2 is 1.95 bits per heavy atom. The Bertz CT molecular complexity index is 287. The average Bonchev–Trinajstić information content (AvgIpc) is 2.35. The van der Waals surface area contributed by atoms with Crippen molar-refractivity contribution in [3.63, 3.8) is 0 Å². The third kappa shape index (κ3) is 3.93. The van der Waals surface area contributed by atoms with E-state index in [1.807, 2.05) is 0 Å². The summed E-state index contributed by atoms with van der Waals surface area (Å²) in [5.41, 5.74) is 0.0172. The van der Waals surface area contributed by atoms with Crippen molar-refractivity contribution in [1.82, 2.24) is 9.80 Å². The minimum Gasteiger partial charge on any atom is -0.393 e. The molecule has 0 amide bonds. The Balaban J connectivity index is 1.78. The van der Waals surface area contributed by atoms with Gasteiger partial charge in [0, 0.05) is 19.1 Å². The first kappa shape index (κ1) is 15.3. The van der Waals surface area contributed by atoms with Crippen LogP contribution in [0.5, 0.6) is 0 Å². The van der Waals surface area contributed by atoms with Crippen molar-refractivity contribution in [3.05, 3.63) is 0 Å². The van der Waals surface area contributed by atoms with Gasteiger partial charge in [-0.25, -0.2) is 0 Å². The van der Waals surface area contributed by atoms with Gasteiger partial charge in [-0.3, -0.25) is 0 Å². The van der Waals surface area contributed by atoms with Crippen LogP contribution in [0.1, 0.15) is 46.5 Å². The molecule has 3 atom stereocenters. The summed E-state index contributed by atoms with van der Waals surface area (Å²) in [5.74, 6) is 0.860. The second kappa shape index (κ2) is 6.11. The molecule has 3 heteroatoms. The molecule has 3 unspecified atom stereocenters. The highest BCUT2D eigenvalue weighted by atomic mass is 16.3. The van der Waals surface area contributed by atoms with E-state index in [9.17, 15) is 5.11 Å². The van der Waals surface area contributed by atoms with Crippen LogP contribution in [0.3, 0.4) is 0 Å². The number of hydrogen-bond acceptors (Lipinski definition) is 3. The first-order valence-electron chi connectivity index (χ1n) is 7.98. The number of nitrogens with zero attached hydrogens (tertiary/aromatic N) is 2. The van der Waals surface area contributed by atoms with Crippen molar-refractivity contribution in [2.75, 3.05) is 33.2 Å². The van der Waals surface area contributed by atoms with Gasteiger partial charge in [-0.05, 0) is 57.2 Å². The van der Waals surface area contributed by atoms with Crippen LogP contribution in [0.15, 0.2) is 0 Å².